The first-order valence-corrected chi connectivity index (χ1v) is 9.18. The summed E-state index contributed by atoms with van der Waals surface area (Å²) in [4.78, 5) is 12.7. The van der Waals surface area contributed by atoms with E-state index in [1.165, 1.54) is 6.21 Å². The van der Waals surface area contributed by atoms with E-state index in [4.69, 9.17) is 18.9 Å². The second-order valence-electron chi connectivity index (χ2n) is 6.04. The predicted molar refractivity (Wildman–Crippen MR) is 113 cm³/mol. The summed E-state index contributed by atoms with van der Waals surface area (Å²) < 4.78 is 21.9. The molecule has 0 fully saturated rings. The highest BCUT2D eigenvalue weighted by molar-refractivity contribution is 5.86. The van der Waals surface area contributed by atoms with Crippen molar-refractivity contribution < 1.29 is 23.7 Å². The first kappa shape index (κ1) is 20.7. The highest BCUT2D eigenvalue weighted by Crippen LogP contribution is 2.22. The van der Waals surface area contributed by atoms with E-state index in [0.29, 0.717) is 28.6 Å². The van der Waals surface area contributed by atoms with Crippen molar-refractivity contribution >= 4 is 12.1 Å². The fourth-order valence-corrected chi connectivity index (χ4v) is 2.53. The Labute approximate surface area is 174 Å². The minimum absolute atomic E-state index is 0.493. The van der Waals surface area contributed by atoms with E-state index in [2.05, 4.69) is 10.5 Å². The van der Waals surface area contributed by atoms with E-state index in [-0.39, 0.29) is 0 Å². The summed E-state index contributed by atoms with van der Waals surface area (Å²) in [5.74, 6) is 1.65. The van der Waals surface area contributed by atoms with Crippen molar-refractivity contribution in [1.82, 2.24) is 5.43 Å². The van der Waals surface area contributed by atoms with Gasteiger partial charge in [0.1, 0.15) is 23.0 Å². The highest BCUT2D eigenvalue weighted by Gasteiger charge is 2.22. The molecule has 3 aromatic rings. The average Bonchev–Trinajstić information content (AvgIpc) is 2.80. The van der Waals surface area contributed by atoms with E-state index in [1.807, 2.05) is 12.1 Å². The standard InChI is InChI=1S/C23H22N2O5/c1-27-20-13-14-21(28-2)17(15-20)16-24-25-22(26)23(29-18-9-5-3-6-10-18)30-19-11-7-4-8-12-19/h3-16,23H,1-2H3,(H,25,26)/b24-16+. The van der Waals surface area contributed by atoms with E-state index >= 15 is 0 Å². The van der Waals surface area contributed by atoms with E-state index in [1.54, 1.807) is 80.9 Å². The third-order valence-corrected chi connectivity index (χ3v) is 4.00. The number of carbonyl (C=O) groups is 1. The molecule has 0 aliphatic carbocycles. The maximum atomic E-state index is 12.7. The average molecular weight is 406 g/mol. The SMILES string of the molecule is COc1ccc(OC)c(/C=N/NC(=O)C(Oc2ccccc2)Oc2ccccc2)c1. The number of para-hydroxylation sites is 2. The van der Waals surface area contributed by atoms with Gasteiger partial charge >= 0.3 is 12.2 Å². The Morgan fingerprint density at radius 1 is 0.833 bits per heavy atom. The lowest BCUT2D eigenvalue weighted by atomic mass is 10.2. The molecule has 3 aromatic carbocycles. The van der Waals surface area contributed by atoms with Crippen LogP contribution >= 0.6 is 0 Å². The van der Waals surface area contributed by atoms with Gasteiger partial charge < -0.3 is 18.9 Å². The smallest absolute Gasteiger partial charge is 0.323 e. The molecule has 0 aromatic heterocycles. The molecule has 7 heteroatoms. The third-order valence-electron chi connectivity index (χ3n) is 4.00. The van der Waals surface area contributed by atoms with Crippen LogP contribution in [0.1, 0.15) is 5.56 Å². The van der Waals surface area contributed by atoms with Gasteiger partial charge in [-0.25, -0.2) is 5.43 Å². The van der Waals surface area contributed by atoms with Gasteiger partial charge in [-0.3, -0.25) is 4.79 Å². The molecular weight excluding hydrogens is 384 g/mol. The molecule has 7 nitrogen and oxygen atoms in total. The Morgan fingerprint density at radius 2 is 1.43 bits per heavy atom. The lowest BCUT2D eigenvalue weighted by molar-refractivity contribution is -0.140. The van der Waals surface area contributed by atoms with Crippen molar-refractivity contribution in [3.63, 3.8) is 0 Å². The summed E-state index contributed by atoms with van der Waals surface area (Å²) in [6.45, 7) is 0. The van der Waals surface area contributed by atoms with Crippen LogP contribution < -0.4 is 24.4 Å². The van der Waals surface area contributed by atoms with Crippen molar-refractivity contribution in [3.8, 4) is 23.0 Å². The quantitative estimate of drug-likeness (QED) is 0.333. The fraction of sp³-hybridized carbons (Fsp3) is 0.130. The molecule has 154 valence electrons. The minimum atomic E-state index is -1.24. The molecule has 0 radical (unpaired) electrons. The van der Waals surface area contributed by atoms with Crippen LogP contribution in [-0.2, 0) is 4.79 Å². The van der Waals surface area contributed by atoms with Crippen molar-refractivity contribution in [2.75, 3.05) is 14.2 Å². The lowest BCUT2D eigenvalue weighted by Gasteiger charge is -2.18. The first-order valence-electron chi connectivity index (χ1n) is 9.18. The Morgan fingerprint density at radius 3 is 1.97 bits per heavy atom. The molecule has 30 heavy (non-hydrogen) atoms. The molecule has 0 unspecified atom stereocenters. The Kier molecular flexibility index (Phi) is 7.27. The number of hydrogen-bond donors (Lipinski definition) is 1. The van der Waals surface area contributed by atoms with Crippen LogP contribution in [0.25, 0.3) is 0 Å². The maximum Gasteiger partial charge on any atom is 0.323 e. The predicted octanol–water partition coefficient (Wildman–Crippen LogP) is 3.64. The van der Waals surface area contributed by atoms with E-state index < -0.39 is 12.2 Å². The van der Waals surface area contributed by atoms with Crippen LogP contribution in [-0.4, -0.2) is 32.6 Å². The van der Waals surface area contributed by atoms with Crippen molar-refractivity contribution in [1.29, 1.82) is 0 Å². The number of hydrazone groups is 1. The lowest BCUT2D eigenvalue weighted by Crippen LogP contribution is -2.40. The van der Waals surface area contributed by atoms with Crippen LogP contribution in [0.15, 0.2) is 84.0 Å². The summed E-state index contributed by atoms with van der Waals surface area (Å²) >= 11 is 0. The van der Waals surface area contributed by atoms with Gasteiger partial charge in [-0.1, -0.05) is 36.4 Å². The fourth-order valence-electron chi connectivity index (χ4n) is 2.53. The molecule has 0 spiro atoms. The number of nitrogens with zero attached hydrogens (tertiary/aromatic N) is 1. The van der Waals surface area contributed by atoms with Crippen LogP contribution in [0.3, 0.4) is 0 Å². The number of hydrogen-bond acceptors (Lipinski definition) is 6. The van der Waals surface area contributed by atoms with Gasteiger partial charge in [-0.15, -0.1) is 0 Å². The number of nitrogens with one attached hydrogen (secondary N) is 1. The van der Waals surface area contributed by atoms with Gasteiger partial charge in [0.25, 0.3) is 0 Å². The zero-order valence-corrected chi connectivity index (χ0v) is 16.6. The minimum Gasteiger partial charge on any atom is -0.497 e. The van der Waals surface area contributed by atoms with Gasteiger partial charge in [-0.05, 0) is 42.5 Å². The van der Waals surface area contributed by atoms with Gasteiger partial charge in [-0.2, -0.15) is 5.10 Å². The van der Waals surface area contributed by atoms with Crippen molar-refractivity contribution in [2.45, 2.75) is 6.29 Å². The van der Waals surface area contributed by atoms with Gasteiger partial charge in [0.05, 0.1) is 20.4 Å². The van der Waals surface area contributed by atoms with Crippen molar-refractivity contribution in [2.24, 2.45) is 5.10 Å². The molecule has 0 saturated heterocycles. The summed E-state index contributed by atoms with van der Waals surface area (Å²) in [5, 5.41) is 4.01. The van der Waals surface area contributed by atoms with Crippen molar-refractivity contribution in [3.05, 3.63) is 84.4 Å². The van der Waals surface area contributed by atoms with Crippen LogP contribution in [0.4, 0.5) is 0 Å². The Balaban J connectivity index is 1.73. The highest BCUT2D eigenvalue weighted by atomic mass is 16.7. The third kappa shape index (κ3) is 5.75. The molecule has 0 aliphatic rings. The molecule has 0 atom stereocenters. The number of benzene rings is 3. The second-order valence-corrected chi connectivity index (χ2v) is 6.04. The monoisotopic (exact) mass is 406 g/mol. The number of methoxy groups -OCH3 is 2. The van der Waals surface area contributed by atoms with Gasteiger partial charge in [0.2, 0.25) is 0 Å². The first-order chi connectivity index (χ1) is 14.7. The molecule has 3 rings (SSSR count). The van der Waals surface area contributed by atoms with E-state index in [0.717, 1.165) is 0 Å². The Hall–Kier alpha value is -4.00. The number of rotatable bonds is 9. The largest absolute Gasteiger partial charge is 0.497 e. The topological polar surface area (TPSA) is 78.4 Å². The number of carbonyl (C=O) groups excluding carboxylic acids is 1. The maximum absolute atomic E-state index is 12.7. The van der Waals surface area contributed by atoms with E-state index in [9.17, 15) is 4.79 Å². The van der Waals surface area contributed by atoms with Gasteiger partial charge in [0, 0.05) is 5.56 Å². The van der Waals surface area contributed by atoms with Gasteiger partial charge in [0.15, 0.2) is 0 Å². The zero-order chi connectivity index (χ0) is 21.2. The normalized spacial score (nSPS) is 10.6. The molecule has 0 saturated carbocycles. The Bertz CT molecular complexity index is 936. The number of ether oxygens (including phenoxy) is 4. The summed E-state index contributed by atoms with van der Waals surface area (Å²) in [5.41, 5.74) is 3.09. The zero-order valence-electron chi connectivity index (χ0n) is 16.6. The molecule has 1 N–H and O–H groups in total. The van der Waals surface area contributed by atoms with Crippen LogP contribution in [0.5, 0.6) is 23.0 Å². The molecule has 1 amide bonds. The summed E-state index contributed by atoms with van der Waals surface area (Å²) in [6.07, 6.45) is 0.223. The summed E-state index contributed by atoms with van der Waals surface area (Å²) in [6, 6.07) is 23.1. The molecular formula is C23H22N2O5. The molecule has 0 aliphatic heterocycles. The van der Waals surface area contributed by atoms with Crippen LogP contribution in [0, 0.1) is 0 Å². The second kappa shape index (κ2) is 10.5. The molecule has 0 bridgehead atoms. The summed E-state index contributed by atoms with van der Waals surface area (Å²) in [7, 11) is 3.12. The number of amides is 1. The van der Waals surface area contributed by atoms with Crippen LogP contribution in [0.2, 0.25) is 0 Å². The molecule has 0 heterocycles.